The van der Waals surface area contributed by atoms with Crippen molar-refractivity contribution >= 4 is 46.1 Å². The second-order valence-electron chi connectivity index (χ2n) is 7.13. The van der Waals surface area contributed by atoms with E-state index in [4.69, 9.17) is 4.74 Å². The average Bonchev–Trinajstić information content (AvgIpc) is 2.56. The van der Waals surface area contributed by atoms with E-state index >= 15 is 0 Å². The molecule has 7 nitrogen and oxygen atoms in total. The van der Waals surface area contributed by atoms with Crippen LogP contribution in [0, 0.1) is 20.6 Å². The zero-order valence-electron chi connectivity index (χ0n) is 14.4. The van der Waals surface area contributed by atoms with Gasteiger partial charge >= 0.3 is 6.03 Å². The van der Waals surface area contributed by atoms with Crippen molar-refractivity contribution in [3.8, 4) is 0 Å². The number of ether oxygens (including phenoxy) is 1. The molecule has 2 saturated heterocycles. The summed E-state index contributed by atoms with van der Waals surface area (Å²) in [6.07, 6.45) is -1.12. The normalized spacial score (nSPS) is 29.1. The molecule has 4 amide bonds. The van der Waals surface area contributed by atoms with Gasteiger partial charge in [-0.2, -0.15) is 0 Å². The summed E-state index contributed by atoms with van der Waals surface area (Å²) in [5.74, 6) is -3.50. The van der Waals surface area contributed by atoms with Crippen LogP contribution in [0.4, 0.5) is 19.3 Å². The number of amides is 4. The first-order valence-corrected chi connectivity index (χ1v) is 9.50. The molecule has 2 N–H and O–H groups in total. The summed E-state index contributed by atoms with van der Waals surface area (Å²) in [5.41, 5.74) is -1.30. The number of benzene rings is 1. The highest BCUT2D eigenvalue weighted by Gasteiger charge is 2.63. The van der Waals surface area contributed by atoms with E-state index in [1.54, 1.807) is 41.3 Å². The van der Waals surface area contributed by atoms with Crippen molar-refractivity contribution in [2.24, 2.45) is 5.41 Å². The molecule has 0 saturated carbocycles. The molecule has 144 valence electrons. The monoisotopic (exact) mass is 491 g/mol. The molecular weight excluding hydrogens is 475 g/mol. The number of morpholine rings is 1. The molecule has 0 aromatic heterocycles. The second kappa shape index (κ2) is 6.09. The Labute approximate surface area is 166 Å². The summed E-state index contributed by atoms with van der Waals surface area (Å²) in [6, 6.07) is -0.345. The third-order valence-electron chi connectivity index (χ3n) is 5.42. The summed E-state index contributed by atoms with van der Waals surface area (Å²) in [4.78, 5) is 38.9. The van der Waals surface area contributed by atoms with Gasteiger partial charge in [0.15, 0.2) is 17.0 Å². The predicted octanol–water partition coefficient (Wildman–Crippen LogP) is 1.46. The smallest absolute Gasteiger partial charge is 0.328 e. The van der Waals surface area contributed by atoms with Gasteiger partial charge in [-0.15, -0.1) is 0 Å². The second-order valence-corrected chi connectivity index (χ2v) is 8.29. The zero-order valence-corrected chi connectivity index (χ0v) is 16.6. The molecule has 0 aliphatic carbocycles. The molecule has 1 aromatic carbocycles. The van der Waals surface area contributed by atoms with Crippen molar-refractivity contribution in [2.75, 3.05) is 11.4 Å². The van der Waals surface area contributed by atoms with Gasteiger partial charge in [0.2, 0.25) is 11.8 Å². The van der Waals surface area contributed by atoms with E-state index in [9.17, 15) is 23.2 Å². The van der Waals surface area contributed by atoms with Crippen LogP contribution in [0.3, 0.4) is 0 Å². The number of carbonyl (C=O) groups excluding carboxylic acids is 3. The van der Waals surface area contributed by atoms with Crippen LogP contribution in [0.1, 0.15) is 19.4 Å². The molecule has 0 unspecified atom stereocenters. The number of nitrogens with one attached hydrogen (secondary N) is 2. The van der Waals surface area contributed by atoms with E-state index in [1.807, 2.05) is 0 Å². The van der Waals surface area contributed by atoms with Crippen LogP contribution in [-0.2, 0) is 20.7 Å². The summed E-state index contributed by atoms with van der Waals surface area (Å²) >= 11 is 1.67. The van der Waals surface area contributed by atoms with E-state index in [0.29, 0.717) is 5.56 Å². The van der Waals surface area contributed by atoms with Crippen molar-refractivity contribution in [1.29, 1.82) is 0 Å². The Kier molecular flexibility index (Phi) is 4.18. The number of nitrogens with zero attached hydrogens (tertiary/aromatic N) is 1. The van der Waals surface area contributed by atoms with E-state index in [0.717, 1.165) is 0 Å². The van der Waals surface area contributed by atoms with Crippen molar-refractivity contribution in [1.82, 2.24) is 10.6 Å². The quantitative estimate of drug-likeness (QED) is 0.326. The maximum absolute atomic E-state index is 14.9. The molecule has 27 heavy (non-hydrogen) atoms. The summed E-state index contributed by atoms with van der Waals surface area (Å²) in [5, 5.41) is 4.29. The lowest BCUT2D eigenvalue weighted by Crippen LogP contribution is -2.75. The lowest BCUT2D eigenvalue weighted by Gasteiger charge is -2.55. The first-order chi connectivity index (χ1) is 12.7. The number of hydrogen-bond donors (Lipinski definition) is 2. The van der Waals surface area contributed by atoms with Gasteiger partial charge in [-0.05, 0) is 48.1 Å². The van der Waals surface area contributed by atoms with Crippen molar-refractivity contribution in [2.45, 2.75) is 38.5 Å². The van der Waals surface area contributed by atoms with Crippen LogP contribution in [0.2, 0.25) is 0 Å². The molecule has 0 bridgehead atoms. The minimum Gasteiger partial charge on any atom is -0.372 e. The minimum atomic E-state index is -1.69. The lowest BCUT2D eigenvalue weighted by molar-refractivity contribution is -0.153. The lowest BCUT2D eigenvalue weighted by atomic mass is 9.66. The number of fused-ring (bicyclic) bond motifs is 4. The number of rotatable bonds is 0. The number of hydrogen-bond acceptors (Lipinski definition) is 5. The maximum Gasteiger partial charge on any atom is 0.328 e. The van der Waals surface area contributed by atoms with E-state index in [2.05, 4.69) is 10.6 Å². The highest BCUT2D eigenvalue weighted by atomic mass is 127. The third-order valence-corrected chi connectivity index (χ3v) is 6.21. The third kappa shape index (κ3) is 2.49. The fourth-order valence-corrected chi connectivity index (χ4v) is 5.12. The summed E-state index contributed by atoms with van der Waals surface area (Å²) in [6.45, 7) is 3.63. The number of anilines is 1. The first-order valence-electron chi connectivity index (χ1n) is 8.42. The Balaban J connectivity index is 1.97. The summed E-state index contributed by atoms with van der Waals surface area (Å²) < 4.78 is 35.0. The molecule has 3 heterocycles. The zero-order chi connectivity index (χ0) is 19.7. The van der Waals surface area contributed by atoms with Crippen molar-refractivity contribution in [3.63, 3.8) is 0 Å². The standard InChI is InChI=1S/C17H16F2IN3O4/c1-6-5-23-12-8(3-9(20)10(18)11(12)19)4-17(13(23)7(2)27-6)14(24)21-16(26)22-15(17)25/h3,6-7,13H,4-5H2,1-2H3,(H2,21,22,24,25,26)/t6-,7+,13-/m0/s1. The Morgan fingerprint density at radius 3 is 2.44 bits per heavy atom. The Morgan fingerprint density at radius 2 is 1.81 bits per heavy atom. The van der Waals surface area contributed by atoms with Gasteiger partial charge in [0, 0.05) is 13.0 Å². The van der Waals surface area contributed by atoms with E-state index < -0.39 is 47.0 Å². The topological polar surface area (TPSA) is 87.7 Å². The van der Waals surface area contributed by atoms with Crippen LogP contribution >= 0.6 is 22.6 Å². The van der Waals surface area contributed by atoms with E-state index in [1.165, 1.54) is 6.07 Å². The Bertz CT molecular complexity index is 873. The van der Waals surface area contributed by atoms with Crippen LogP contribution in [-0.4, -0.2) is 42.6 Å². The molecular formula is C17H16F2IN3O4. The van der Waals surface area contributed by atoms with Gasteiger partial charge in [0.05, 0.1) is 27.5 Å². The van der Waals surface area contributed by atoms with Gasteiger partial charge in [0.25, 0.3) is 0 Å². The molecule has 3 aliphatic rings. The number of imide groups is 2. The molecule has 3 aliphatic heterocycles. The molecule has 0 radical (unpaired) electrons. The number of urea groups is 1. The van der Waals surface area contributed by atoms with Gasteiger partial charge in [0.1, 0.15) is 0 Å². The largest absolute Gasteiger partial charge is 0.372 e. The van der Waals surface area contributed by atoms with Crippen LogP contribution in [0.15, 0.2) is 6.07 Å². The molecule has 10 heteroatoms. The predicted molar refractivity (Wildman–Crippen MR) is 98.0 cm³/mol. The molecule has 3 atom stereocenters. The van der Waals surface area contributed by atoms with Gasteiger partial charge in [-0.1, -0.05) is 0 Å². The highest BCUT2D eigenvalue weighted by molar-refractivity contribution is 14.1. The van der Waals surface area contributed by atoms with Crippen molar-refractivity contribution in [3.05, 3.63) is 26.8 Å². The SMILES string of the molecule is C[C@H]1CN2c3c(cc(I)c(F)c3F)CC3(C(=O)NC(=O)NC3=O)[C@@H]2[C@@H](C)O1. The van der Waals surface area contributed by atoms with Crippen LogP contribution < -0.4 is 15.5 Å². The number of barbiturate groups is 1. The Hall–Kier alpha value is -1.82. The van der Waals surface area contributed by atoms with Crippen molar-refractivity contribution < 1.29 is 27.9 Å². The minimum absolute atomic E-state index is 0.0445. The van der Waals surface area contributed by atoms with Gasteiger partial charge in [-0.25, -0.2) is 13.6 Å². The average molecular weight is 491 g/mol. The molecule has 1 spiro atoms. The molecule has 1 aromatic rings. The Morgan fingerprint density at radius 1 is 1.19 bits per heavy atom. The fraction of sp³-hybridized carbons (Fsp3) is 0.471. The molecule has 4 rings (SSSR count). The first kappa shape index (κ1) is 18.5. The molecule has 2 fully saturated rings. The number of carbonyl (C=O) groups is 3. The van der Waals surface area contributed by atoms with Crippen LogP contribution in [0.25, 0.3) is 0 Å². The highest BCUT2D eigenvalue weighted by Crippen LogP contribution is 2.48. The number of halogens is 3. The summed E-state index contributed by atoms with van der Waals surface area (Å²) in [7, 11) is 0. The maximum atomic E-state index is 14.9. The van der Waals surface area contributed by atoms with Crippen LogP contribution in [0.5, 0.6) is 0 Å². The van der Waals surface area contributed by atoms with Gasteiger partial charge in [-0.3, -0.25) is 20.2 Å². The fourth-order valence-electron chi connectivity index (χ4n) is 4.50. The van der Waals surface area contributed by atoms with E-state index in [-0.39, 0.29) is 28.3 Å². The van der Waals surface area contributed by atoms with Gasteiger partial charge < -0.3 is 9.64 Å².